The minimum absolute atomic E-state index is 1.10. The lowest BCUT2D eigenvalue weighted by Crippen LogP contribution is -1.90. The van der Waals surface area contributed by atoms with Crippen molar-refractivity contribution in [3.05, 3.63) is 60.2 Å². The Bertz CT molecular complexity index is 431. The Kier molecular flexibility index (Phi) is 4.20. The molecule has 0 aliphatic heterocycles. The number of hydrogen-bond acceptors (Lipinski definition) is 1. The smallest absolute Gasteiger partial charge is 0.0384 e. The van der Waals surface area contributed by atoms with Crippen molar-refractivity contribution in [1.82, 2.24) is 0 Å². The zero-order chi connectivity index (χ0) is 11.9. The van der Waals surface area contributed by atoms with E-state index in [2.05, 4.69) is 42.6 Å². The van der Waals surface area contributed by atoms with Crippen molar-refractivity contribution < 1.29 is 0 Å². The van der Waals surface area contributed by atoms with E-state index in [9.17, 15) is 0 Å². The highest BCUT2D eigenvalue weighted by Gasteiger charge is 1.95. The van der Waals surface area contributed by atoms with Gasteiger partial charge in [-0.3, -0.25) is 0 Å². The van der Waals surface area contributed by atoms with Gasteiger partial charge in [0.15, 0.2) is 0 Å². The van der Waals surface area contributed by atoms with Gasteiger partial charge in [-0.1, -0.05) is 37.6 Å². The molecule has 2 aromatic rings. The van der Waals surface area contributed by atoms with Crippen molar-refractivity contribution in [2.45, 2.75) is 26.2 Å². The van der Waals surface area contributed by atoms with Gasteiger partial charge in [0.2, 0.25) is 0 Å². The third-order valence-electron chi connectivity index (χ3n) is 2.78. The summed E-state index contributed by atoms with van der Waals surface area (Å²) in [7, 11) is 0. The highest BCUT2D eigenvalue weighted by Crippen LogP contribution is 2.17. The van der Waals surface area contributed by atoms with Crippen molar-refractivity contribution in [2.24, 2.45) is 0 Å². The molecule has 0 aliphatic rings. The van der Waals surface area contributed by atoms with Crippen molar-refractivity contribution in [3.63, 3.8) is 0 Å². The molecule has 0 heterocycles. The number of benzene rings is 2. The van der Waals surface area contributed by atoms with Crippen LogP contribution in [0.2, 0.25) is 0 Å². The summed E-state index contributed by atoms with van der Waals surface area (Å²) in [4.78, 5) is 0. The largest absolute Gasteiger partial charge is 0.356 e. The van der Waals surface area contributed by atoms with Gasteiger partial charge in [-0.2, -0.15) is 0 Å². The van der Waals surface area contributed by atoms with Crippen LogP contribution < -0.4 is 5.32 Å². The molecular formula is C16H18N. The summed E-state index contributed by atoms with van der Waals surface area (Å²) in [5, 5.41) is 3.37. The van der Waals surface area contributed by atoms with Crippen LogP contribution in [-0.4, -0.2) is 0 Å². The standard InChI is InChI=1S/C16H18N/c1-2-3-7-14-10-12-16(13-11-14)17-15-8-5-4-6-9-15/h5-6,8-13,17H,2-3,7H2,1H3. The van der Waals surface area contributed by atoms with Gasteiger partial charge >= 0.3 is 0 Å². The second-order valence-corrected chi connectivity index (χ2v) is 4.21. The Labute approximate surface area is 103 Å². The summed E-state index contributed by atoms with van der Waals surface area (Å²) in [6.45, 7) is 2.22. The van der Waals surface area contributed by atoms with Gasteiger partial charge in [-0.05, 0) is 48.7 Å². The lowest BCUT2D eigenvalue weighted by molar-refractivity contribution is 0.795. The van der Waals surface area contributed by atoms with Crippen LogP contribution in [0.15, 0.2) is 48.5 Å². The van der Waals surface area contributed by atoms with Crippen molar-refractivity contribution in [3.8, 4) is 0 Å². The first-order valence-corrected chi connectivity index (χ1v) is 6.20. The second-order valence-electron chi connectivity index (χ2n) is 4.21. The zero-order valence-electron chi connectivity index (χ0n) is 10.2. The van der Waals surface area contributed by atoms with Crippen molar-refractivity contribution in [2.75, 3.05) is 5.32 Å². The molecular weight excluding hydrogens is 206 g/mol. The average Bonchev–Trinajstić information content (AvgIpc) is 2.39. The number of rotatable bonds is 5. The van der Waals surface area contributed by atoms with E-state index < -0.39 is 0 Å². The van der Waals surface area contributed by atoms with Gasteiger partial charge in [-0.15, -0.1) is 0 Å². The first kappa shape index (κ1) is 11.7. The molecule has 0 atom stereocenters. The molecule has 1 nitrogen and oxygen atoms in total. The third kappa shape index (κ3) is 3.63. The maximum Gasteiger partial charge on any atom is 0.0384 e. The lowest BCUT2D eigenvalue weighted by atomic mass is 10.1. The average molecular weight is 224 g/mol. The van der Waals surface area contributed by atoms with E-state index >= 15 is 0 Å². The van der Waals surface area contributed by atoms with E-state index in [-0.39, 0.29) is 0 Å². The first-order chi connectivity index (χ1) is 8.38. The number of aryl methyl sites for hydroxylation is 1. The van der Waals surface area contributed by atoms with Crippen LogP contribution in [0, 0.1) is 6.07 Å². The van der Waals surface area contributed by atoms with Gasteiger partial charge in [-0.25, -0.2) is 0 Å². The number of unbranched alkanes of at least 4 members (excludes halogenated alkanes) is 1. The Balaban J connectivity index is 1.98. The van der Waals surface area contributed by atoms with Crippen LogP contribution in [0.25, 0.3) is 0 Å². The molecule has 0 aromatic heterocycles. The Hall–Kier alpha value is -1.76. The summed E-state index contributed by atoms with van der Waals surface area (Å²) >= 11 is 0. The molecule has 0 aliphatic carbocycles. The summed E-state index contributed by atoms with van der Waals surface area (Å²) in [5.41, 5.74) is 3.65. The molecule has 2 rings (SSSR count). The van der Waals surface area contributed by atoms with Crippen molar-refractivity contribution in [1.29, 1.82) is 0 Å². The van der Waals surface area contributed by atoms with E-state index in [0.29, 0.717) is 0 Å². The summed E-state index contributed by atoms with van der Waals surface area (Å²) in [5.74, 6) is 0. The first-order valence-electron chi connectivity index (χ1n) is 6.20. The molecule has 1 radical (unpaired) electrons. The van der Waals surface area contributed by atoms with E-state index in [1.807, 2.05) is 24.3 Å². The van der Waals surface area contributed by atoms with Crippen LogP contribution >= 0.6 is 0 Å². The fourth-order valence-electron chi connectivity index (χ4n) is 1.77. The van der Waals surface area contributed by atoms with E-state index in [0.717, 1.165) is 11.4 Å². The highest BCUT2D eigenvalue weighted by molar-refractivity contribution is 5.59. The van der Waals surface area contributed by atoms with E-state index in [1.54, 1.807) is 0 Å². The maximum atomic E-state index is 3.37. The maximum absolute atomic E-state index is 3.37. The SMILES string of the molecule is CCCCc1ccc(Nc2cc[c]cc2)cc1. The minimum atomic E-state index is 1.10. The van der Waals surface area contributed by atoms with Gasteiger partial charge < -0.3 is 5.32 Å². The van der Waals surface area contributed by atoms with Crippen LogP contribution in [0.3, 0.4) is 0 Å². The van der Waals surface area contributed by atoms with Gasteiger partial charge in [0.05, 0.1) is 0 Å². The molecule has 0 fully saturated rings. The zero-order valence-corrected chi connectivity index (χ0v) is 10.2. The fraction of sp³-hybridized carbons (Fsp3) is 0.250. The lowest BCUT2D eigenvalue weighted by Gasteiger charge is -2.07. The van der Waals surface area contributed by atoms with Gasteiger partial charge in [0.1, 0.15) is 0 Å². The number of anilines is 2. The fourth-order valence-corrected chi connectivity index (χ4v) is 1.77. The quantitative estimate of drug-likeness (QED) is 0.784. The van der Waals surface area contributed by atoms with Crippen molar-refractivity contribution >= 4 is 11.4 Å². The molecule has 1 N–H and O–H groups in total. The molecule has 0 amide bonds. The Morgan fingerprint density at radius 1 is 0.941 bits per heavy atom. The topological polar surface area (TPSA) is 12.0 Å². The highest BCUT2D eigenvalue weighted by atomic mass is 14.9. The van der Waals surface area contributed by atoms with E-state index in [4.69, 9.17) is 0 Å². The number of nitrogens with one attached hydrogen (secondary N) is 1. The molecule has 0 saturated heterocycles. The molecule has 17 heavy (non-hydrogen) atoms. The molecule has 0 bridgehead atoms. The van der Waals surface area contributed by atoms with E-state index in [1.165, 1.54) is 24.8 Å². The van der Waals surface area contributed by atoms with Crippen LogP contribution in [-0.2, 0) is 6.42 Å². The Morgan fingerprint density at radius 3 is 2.24 bits per heavy atom. The monoisotopic (exact) mass is 224 g/mol. The summed E-state index contributed by atoms with van der Waals surface area (Å²) < 4.78 is 0. The predicted octanol–water partition coefficient (Wildman–Crippen LogP) is 4.57. The molecule has 87 valence electrons. The number of hydrogen-bond donors (Lipinski definition) is 1. The molecule has 2 aromatic carbocycles. The predicted molar refractivity (Wildman–Crippen MR) is 73.6 cm³/mol. The Morgan fingerprint density at radius 2 is 1.59 bits per heavy atom. The molecule has 0 unspecified atom stereocenters. The van der Waals surface area contributed by atoms with Crippen LogP contribution in [0.4, 0.5) is 11.4 Å². The molecule has 0 saturated carbocycles. The molecule has 1 heteroatoms. The normalized spacial score (nSPS) is 10.2. The summed E-state index contributed by atoms with van der Waals surface area (Å²) in [6, 6.07) is 19.6. The second kappa shape index (κ2) is 6.09. The van der Waals surface area contributed by atoms with Gasteiger partial charge in [0, 0.05) is 11.4 Å². The van der Waals surface area contributed by atoms with Gasteiger partial charge in [0.25, 0.3) is 0 Å². The summed E-state index contributed by atoms with van der Waals surface area (Å²) in [6.07, 6.45) is 3.69. The van der Waals surface area contributed by atoms with Crippen LogP contribution in [0.1, 0.15) is 25.3 Å². The van der Waals surface area contributed by atoms with Crippen LogP contribution in [0.5, 0.6) is 0 Å². The molecule has 0 spiro atoms. The minimum Gasteiger partial charge on any atom is -0.356 e. The third-order valence-corrected chi connectivity index (χ3v) is 2.78.